The molecule has 0 aliphatic carbocycles. The highest BCUT2D eigenvalue weighted by molar-refractivity contribution is 6.05. The molecular formula is C18H21NO4. The summed E-state index contributed by atoms with van der Waals surface area (Å²) in [6.07, 6.45) is -0.0429. The molecule has 2 rings (SSSR count). The first-order valence-electron chi connectivity index (χ1n) is 7.29. The van der Waals surface area contributed by atoms with Crippen LogP contribution in [0.25, 0.3) is 0 Å². The Morgan fingerprint density at radius 3 is 2.65 bits per heavy atom. The van der Waals surface area contributed by atoms with Crippen molar-refractivity contribution in [3.8, 4) is 5.75 Å². The Balaban J connectivity index is 2.30. The van der Waals surface area contributed by atoms with E-state index in [0.717, 1.165) is 0 Å². The lowest BCUT2D eigenvalue weighted by Gasteiger charge is -2.48. The first kappa shape index (κ1) is 17.0. The molecule has 3 atom stereocenters. The number of methoxy groups -OCH3 is 1. The van der Waals surface area contributed by atoms with Crippen LogP contribution in [0.3, 0.4) is 0 Å². The fraction of sp³-hybridized carbons (Fsp3) is 0.333. The van der Waals surface area contributed by atoms with Crippen LogP contribution in [-0.2, 0) is 9.53 Å². The quantitative estimate of drug-likeness (QED) is 0.475. The van der Waals surface area contributed by atoms with Crippen molar-refractivity contribution in [2.24, 2.45) is 0 Å². The maximum absolute atomic E-state index is 12.4. The molecule has 1 aromatic carbocycles. The van der Waals surface area contributed by atoms with Gasteiger partial charge in [-0.25, -0.2) is 0 Å². The molecule has 1 amide bonds. The van der Waals surface area contributed by atoms with Gasteiger partial charge in [-0.3, -0.25) is 4.79 Å². The summed E-state index contributed by atoms with van der Waals surface area (Å²) in [6, 6.07) is 6.55. The van der Waals surface area contributed by atoms with Crippen LogP contribution >= 0.6 is 0 Å². The van der Waals surface area contributed by atoms with Gasteiger partial charge in [0.05, 0.1) is 13.7 Å². The lowest BCUT2D eigenvalue weighted by Crippen LogP contribution is -2.70. The Kier molecular flexibility index (Phi) is 5.40. The smallest absolute Gasteiger partial charge is 0.258 e. The van der Waals surface area contributed by atoms with E-state index >= 15 is 0 Å². The van der Waals surface area contributed by atoms with Gasteiger partial charge in [0.25, 0.3) is 5.91 Å². The lowest BCUT2D eigenvalue weighted by molar-refractivity contribution is -0.144. The maximum Gasteiger partial charge on any atom is 0.258 e. The lowest BCUT2D eigenvalue weighted by atomic mass is 9.88. The number of hydrogen-bond acceptors (Lipinski definition) is 4. The van der Waals surface area contributed by atoms with Crippen molar-refractivity contribution < 1.29 is 19.4 Å². The van der Waals surface area contributed by atoms with Crippen LogP contribution < -0.4 is 9.64 Å². The molecule has 23 heavy (non-hydrogen) atoms. The fourth-order valence-corrected chi connectivity index (χ4v) is 2.53. The summed E-state index contributed by atoms with van der Waals surface area (Å²) in [7, 11) is 1.58. The van der Waals surface area contributed by atoms with Crippen LogP contribution in [0.4, 0.5) is 5.69 Å². The molecular weight excluding hydrogens is 294 g/mol. The first-order chi connectivity index (χ1) is 11.0. The van der Waals surface area contributed by atoms with Gasteiger partial charge in [0.1, 0.15) is 17.9 Å². The number of β-lactam (4-membered cyclic amide) rings is 1. The number of aliphatic hydroxyl groups is 1. The average Bonchev–Trinajstić information content (AvgIpc) is 2.58. The molecule has 1 saturated heterocycles. The number of rotatable bonds is 7. The number of carbonyl (C=O) groups is 1. The van der Waals surface area contributed by atoms with Crippen LogP contribution in [0.15, 0.2) is 54.8 Å². The number of carbonyl (C=O) groups excluding carboxylic acids is 1. The number of amides is 1. The van der Waals surface area contributed by atoms with Crippen molar-refractivity contribution >= 4 is 11.6 Å². The summed E-state index contributed by atoms with van der Waals surface area (Å²) in [6.45, 7) is 9.09. The van der Waals surface area contributed by atoms with Gasteiger partial charge >= 0.3 is 0 Å². The van der Waals surface area contributed by atoms with Gasteiger partial charge in [-0.2, -0.15) is 0 Å². The molecule has 0 saturated carbocycles. The van der Waals surface area contributed by atoms with Gasteiger partial charge < -0.3 is 19.5 Å². The molecule has 1 aliphatic rings. The van der Waals surface area contributed by atoms with Gasteiger partial charge in [0.15, 0.2) is 6.10 Å². The Morgan fingerprint density at radius 1 is 1.48 bits per heavy atom. The van der Waals surface area contributed by atoms with E-state index in [9.17, 15) is 9.90 Å². The number of aliphatic hydroxyl groups excluding tert-OH is 1. The summed E-state index contributed by atoms with van der Waals surface area (Å²) >= 11 is 0. The van der Waals surface area contributed by atoms with Crippen LogP contribution in [0.2, 0.25) is 0 Å². The van der Waals surface area contributed by atoms with E-state index in [4.69, 9.17) is 9.47 Å². The highest BCUT2D eigenvalue weighted by atomic mass is 16.5. The number of anilines is 1. The second-order valence-electron chi connectivity index (χ2n) is 5.24. The third-order valence-electron chi connectivity index (χ3n) is 3.88. The van der Waals surface area contributed by atoms with Gasteiger partial charge in [0, 0.05) is 5.69 Å². The molecule has 122 valence electrons. The van der Waals surface area contributed by atoms with Gasteiger partial charge in [-0.15, -0.1) is 12.3 Å². The van der Waals surface area contributed by atoms with Crippen LogP contribution in [0, 0.1) is 0 Å². The summed E-state index contributed by atoms with van der Waals surface area (Å²) in [5, 5.41) is 10.5. The van der Waals surface area contributed by atoms with Gasteiger partial charge in [0.2, 0.25) is 0 Å². The van der Waals surface area contributed by atoms with Gasteiger partial charge in [-0.05, 0) is 36.8 Å². The molecule has 5 heteroatoms. The molecule has 0 unspecified atom stereocenters. The van der Waals surface area contributed by atoms with E-state index in [-0.39, 0.29) is 12.5 Å². The Morgan fingerprint density at radius 2 is 2.13 bits per heavy atom. The molecule has 1 fully saturated rings. The number of nitrogens with zero attached hydrogens (tertiary/aromatic N) is 1. The second-order valence-corrected chi connectivity index (χ2v) is 5.24. The minimum absolute atomic E-state index is 0.196. The van der Waals surface area contributed by atoms with E-state index in [1.807, 2.05) is 0 Å². The molecule has 1 N–H and O–H groups in total. The number of benzene rings is 1. The highest BCUT2D eigenvalue weighted by Gasteiger charge is 2.52. The topological polar surface area (TPSA) is 59.0 Å². The Labute approximate surface area is 136 Å². The minimum Gasteiger partial charge on any atom is -0.497 e. The Hall–Kier alpha value is -2.33. The zero-order valence-corrected chi connectivity index (χ0v) is 13.4. The third-order valence-corrected chi connectivity index (χ3v) is 3.88. The van der Waals surface area contributed by atoms with E-state index in [1.54, 1.807) is 44.4 Å². The summed E-state index contributed by atoms with van der Waals surface area (Å²) in [5.74, 6) is 0.498. The monoisotopic (exact) mass is 315 g/mol. The average molecular weight is 315 g/mol. The van der Waals surface area contributed by atoms with E-state index < -0.39 is 18.2 Å². The molecule has 1 aromatic rings. The van der Waals surface area contributed by atoms with Crippen LogP contribution in [0.1, 0.15) is 6.92 Å². The zero-order valence-electron chi connectivity index (χ0n) is 13.4. The molecule has 0 aromatic heterocycles. The molecule has 1 heterocycles. The Bertz CT molecular complexity index is 631. The van der Waals surface area contributed by atoms with Crippen molar-refractivity contribution in [1.82, 2.24) is 0 Å². The standard InChI is InChI=1S/C18H21NO4/c1-5-11-23-17-15(16(20)12(3)6-2)19(18(17)21)13-7-9-14(22-4)10-8-13/h5,7-10,15-17,20H,1-2,11H2,3-4H3/t15-,16+,17+/m0/s1. The minimum atomic E-state index is -0.901. The SMILES string of the molecule is C=C=C(C)[C@@H](O)[C@H]1[C@@H](OCC=C)C(=O)N1c1ccc(OC)cc1. The fourth-order valence-electron chi connectivity index (χ4n) is 2.53. The van der Waals surface area contributed by atoms with Gasteiger partial charge in [-0.1, -0.05) is 12.7 Å². The second kappa shape index (κ2) is 7.29. The number of hydrogen-bond donors (Lipinski definition) is 1. The number of ether oxygens (including phenoxy) is 2. The molecule has 5 nitrogen and oxygen atoms in total. The van der Waals surface area contributed by atoms with Crippen molar-refractivity contribution in [3.05, 3.63) is 54.8 Å². The zero-order chi connectivity index (χ0) is 17.0. The molecule has 0 radical (unpaired) electrons. The largest absolute Gasteiger partial charge is 0.497 e. The maximum atomic E-state index is 12.4. The van der Waals surface area contributed by atoms with E-state index in [1.165, 1.54) is 4.90 Å². The predicted molar refractivity (Wildman–Crippen MR) is 88.5 cm³/mol. The van der Waals surface area contributed by atoms with Crippen molar-refractivity contribution in [1.29, 1.82) is 0 Å². The predicted octanol–water partition coefficient (Wildman–Crippen LogP) is 2.07. The molecule has 0 bridgehead atoms. The first-order valence-corrected chi connectivity index (χ1v) is 7.29. The summed E-state index contributed by atoms with van der Waals surface area (Å²) in [4.78, 5) is 14.0. The van der Waals surface area contributed by atoms with Crippen LogP contribution in [0.5, 0.6) is 5.75 Å². The van der Waals surface area contributed by atoms with E-state index in [0.29, 0.717) is 17.0 Å². The normalized spacial score (nSPS) is 21.2. The highest BCUT2D eigenvalue weighted by Crippen LogP contribution is 2.34. The summed E-state index contributed by atoms with van der Waals surface area (Å²) < 4.78 is 10.6. The van der Waals surface area contributed by atoms with Crippen molar-refractivity contribution in [3.63, 3.8) is 0 Å². The third kappa shape index (κ3) is 3.22. The molecule has 1 aliphatic heterocycles. The van der Waals surface area contributed by atoms with Crippen molar-refractivity contribution in [2.75, 3.05) is 18.6 Å². The molecule has 0 spiro atoms. The van der Waals surface area contributed by atoms with E-state index in [2.05, 4.69) is 18.9 Å². The summed E-state index contributed by atoms with van der Waals surface area (Å²) in [5.41, 5.74) is 3.92. The van der Waals surface area contributed by atoms with Crippen molar-refractivity contribution in [2.45, 2.75) is 25.2 Å². The van der Waals surface area contributed by atoms with Crippen LogP contribution in [-0.4, -0.2) is 43.0 Å².